The Morgan fingerprint density at radius 2 is 1.83 bits per heavy atom. The van der Waals surface area contributed by atoms with Crippen LogP contribution in [-0.4, -0.2) is 30.7 Å². The summed E-state index contributed by atoms with van der Waals surface area (Å²) in [5, 5.41) is 6.66. The Morgan fingerprint density at radius 1 is 1.07 bits per heavy atom. The van der Waals surface area contributed by atoms with E-state index in [1.54, 1.807) is 12.1 Å². The van der Waals surface area contributed by atoms with Gasteiger partial charge in [0, 0.05) is 5.69 Å². The molecule has 0 saturated heterocycles. The highest BCUT2D eigenvalue weighted by Gasteiger charge is 2.11. The number of ether oxygens (including phenoxy) is 2. The average Bonchev–Trinajstić information content (AvgIpc) is 2.66. The Hall–Kier alpha value is -3.35. The van der Waals surface area contributed by atoms with Crippen molar-refractivity contribution < 1.29 is 19.1 Å². The third-order valence-electron chi connectivity index (χ3n) is 4.01. The van der Waals surface area contributed by atoms with Crippen molar-refractivity contribution in [2.45, 2.75) is 47.1 Å². The maximum Gasteiger partial charge on any atom is 0.249 e. The maximum absolute atomic E-state index is 12.1. The van der Waals surface area contributed by atoms with Crippen molar-refractivity contribution in [1.82, 2.24) is 5.43 Å². The SMILES string of the molecule is CCOc1cc(C=NNC(=O)CC(=O)Nc2ccc(C)cc2C)ccc1OC(C)C. The topological polar surface area (TPSA) is 89.0 Å². The van der Waals surface area contributed by atoms with Gasteiger partial charge in [-0.1, -0.05) is 17.7 Å². The number of benzene rings is 2. The third-order valence-corrected chi connectivity index (χ3v) is 4.01. The van der Waals surface area contributed by atoms with Crippen molar-refractivity contribution in [2.75, 3.05) is 11.9 Å². The first-order valence-corrected chi connectivity index (χ1v) is 9.91. The second-order valence-corrected chi connectivity index (χ2v) is 7.14. The van der Waals surface area contributed by atoms with Crippen LogP contribution >= 0.6 is 0 Å². The van der Waals surface area contributed by atoms with E-state index in [-0.39, 0.29) is 12.5 Å². The van der Waals surface area contributed by atoms with Gasteiger partial charge in [-0.3, -0.25) is 9.59 Å². The Bertz CT molecular complexity index is 923. The minimum absolute atomic E-state index is 0.0258. The fourth-order valence-electron chi connectivity index (χ4n) is 2.74. The summed E-state index contributed by atoms with van der Waals surface area (Å²) in [5.41, 5.74) is 5.83. The number of carbonyl (C=O) groups is 2. The molecule has 7 nitrogen and oxygen atoms in total. The van der Waals surface area contributed by atoms with Gasteiger partial charge >= 0.3 is 0 Å². The second kappa shape index (κ2) is 11.0. The third kappa shape index (κ3) is 7.24. The Labute approximate surface area is 177 Å². The Kier molecular flexibility index (Phi) is 8.41. The summed E-state index contributed by atoms with van der Waals surface area (Å²) >= 11 is 0. The number of nitrogens with zero attached hydrogens (tertiary/aromatic N) is 1. The van der Waals surface area contributed by atoms with Crippen LogP contribution < -0.4 is 20.2 Å². The number of amides is 2. The highest BCUT2D eigenvalue weighted by atomic mass is 16.5. The number of anilines is 1. The van der Waals surface area contributed by atoms with Crippen LogP contribution in [0.15, 0.2) is 41.5 Å². The monoisotopic (exact) mass is 411 g/mol. The summed E-state index contributed by atoms with van der Waals surface area (Å²) < 4.78 is 11.3. The quantitative estimate of drug-likeness (QED) is 0.371. The molecular weight excluding hydrogens is 382 g/mol. The molecule has 0 bridgehead atoms. The van der Waals surface area contributed by atoms with Crippen LogP contribution in [0.4, 0.5) is 5.69 Å². The van der Waals surface area contributed by atoms with E-state index in [1.165, 1.54) is 6.21 Å². The lowest BCUT2D eigenvalue weighted by Gasteiger charge is -2.14. The van der Waals surface area contributed by atoms with Crippen molar-refractivity contribution in [3.63, 3.8) is 0 Å². The molecule has 2 aromatic rings. The minimum atomic E-state index is -0.502. The van der Waals surface area contributed by atoms with Gasteiger partial charge in [0.1, 0.15) is 6.42 Å². The lowest BCUT2D eigenvalue weighted by Crippen LogP contribution is -2.24. The highest BCUT2D eigenvalue weighted by molar-refractivity contribution is 6.04. The summed E-state index contributed by atoms with van der Waals surface area (Å²) in [7, 11) is 0. The van der Waals surface area contributed by atoms with Crippen LogP contribution in [0.1, 0.15) is 43.9 Å². The van der Waals surface area contributed by atoms with Gasteiger partial charge in [0.05, 0.1) is 18.9 Å². The van der Waals surface area contributed by atoms with Gasteiger partial charge in [0.25, 0.3) is 0 Å². The van der Waals surface area contributed by atoms with Gasteiger partial charge in [-0.25, -0.2) is 5.43 Å². The number of hydrazone groups is 1. The molecule has 0 heterocycles. The molecule has 30 heavy (non-hydrogen) atoms. The fraction of sp³-hybridized carbons (Fsp3) is 0.348. The Morgan fingerprint density at radius 3 is 2.50 bits per heavy atom. The van der Waals surface area contributed by atoms with Crippen LogP contribution in [0.5, 0.6) is 11.5 Å². The maximum atomic E-state index is 12.1. The van der Waals surface area contributed by atoms with E-state index in [0.29, 0.717) is 23.8 Å². The number of carbonyl (C=O) groups excluding carboxylic acids is 2. The van der Waals surface area contributed by atoms with E-state index >= 15 is 0 Å². The number of rotatable bonds is 9. The van der Waals surface area contributed by atoms with Crippen molar-refractivity contribution in [1.29, 1.82) is 0 Å². The summed E-state index contributed by atoms with van der Waals surface area (Å²) in [4.78, 5) is 24.1. The van der Waals surface area contributed by atoms with Crippen molar-refractivity contribution >= 4 is 23.7 Å². The zero-order chi connectivity index (χ0) is 22.1. The van der Waals surface area contributed by atoms with Gasteiger partial charge in [-0.2, -0.15) is 5.10 Å². The van der Waals surface area contributed by atoms with Gasteiger partial charge in [-0.05, 0) is 70.0 Å². The van der Waals surface area contributed by atoms with Crippen molar-refractivity contribution in [3.8, 4) is 11.5 Å². The van der Waals surface area contributed by atoms with Crippen LogP contribution in [0.25, 0.3) is 0 Å². The standard InChI is InChI=1S/C23H29N3O4/c1-6-29-21-12-18(8-10-20(21)30-15(2)3)14-24-26-23(28)13-22(27)25-19-9-7-16(4)11-17(19)5/h7-12,14-15H,6,13H2,1-5H3,(H,25,27)(H,26,28). The van der Waals surface area contributed by atoms with Crippen molar-refractivity contribution in [2.24, 2.45) is 5.10 Å². The summed E-state index contributed by atoms with van der Waals surface area (Å²) in [6, 6.07) is 11.1. The highest BCUT2D eigenvalue weighted by Crippen LogP contribution is 2.29. The molecule has 0 atom stereocenters. The van der Waals surface area contributed by atoms with Gasteiger partial charge in [0.15, 0.2) is 11.5 Å². The van der Waals surface area contributed by atoms with E-state index in [9.17, 15) is 9.59 Å². The lowest BCUT2D eigenvalue weighted by molar-refractivity contribution is -0.126. The summed E-state index contributed by atoms with van der Waals surface area (Å²) in [6.07, 6.45) is 1.19. The number of hydrogen-bond acceptors (Lipinski definition) is 5. The van der Waals surface area contributed by atoms with Crippen molar-refractivity contribution in [3.05, 3.63) is 53.1 Å². The normalized spacial score (nSPS) is 10.9. The zero-order valence-corrected chi connectivity index (χ0v) is 18.1. The molecular formula is C23H29N3O4. The molecule has 0 saturated carbocycles. The molecule has 2 rings (SSSR count). The molecule has 0 aromatic heterocycles. The molecule has 0 aliphatic heterocycles. The first-order valence-electron chi connectivity index (χ1n) is 9.91. The van der Waals surface area contributed by atoms with E-state index < -0.39 is 11.8 Å². The average molecular weight is 412 g/mol. The lowest BCUT2D eigenvalue weighted by atomic mass is 10.1. The Balaban J connectivity index is 1.91. The van der Waals surface area contributed by atoms with Crippen LogP contribution in [0.2, 0.25) is 0 Å². The predicted octanol–water partition coefficient (Wildman–Crippen LogP) is 3.97. The smallest absolute Gasteiger partial charge is 0.249 e. The van der Waals surface area contributed by atoms with Gasteiger partial charge in [0.2, 0.25) is 11.8 Å². The number of aryl methyl sites for hydroxylation is 2. The zero-order valence-electron chi connectivity index (χ0n) is 18.1. The molecule has 0 radical (unpaired) electrons. The molecule has 7 heteroatoms. The van der Waals surface area contributed by atoms with E-state index in [1.807, 2.05) is 58.9 Å². The molecule has 2 amide bonds. The van der Waals surface area contributed by atoms with Crippen LogP contribution in [0, 0.1) is 13.8 Å². The molecule has 0 aliphatic carbocycles. The molecule has 0 unspecified atom stereocenters. The molecule has 0 aliphatic rings. The fourth-order valence-corrected chi connectivity index (χ4v) is 2.74. The second-order valence-electron chi connectivity index (χ2n) is 7.14. The largest absolute Gasteiger partial charge is 0.490 e. The predicted molar refractivity (Wildman–Crippen MR) is 118 cm³/mol. The van der Waals surface area contributed by atoms with E-state index in [2.05, 4.69) is 15.8 Å². The van der Waals surface area contributed by atoms with E-state index in [0.717, 1.165) is 16.7 Å². The van der Waals surface area contributed by atoms with Gasteiger partial charge in [-0.15, -0.1) is 0 Å². The van der Waals surface area contributed by atoms with Gasteiger partial charge < -0.3 is 14.8 Å². The molecule has 160 valence electrons. The first-order chi connectivity index (χ1) is 14.3. The summed E-state index contributed by atoms with van der Waals surface area (Å²) in [5.74, 6) is 0.354. The molecule has 0 spiro atoms. The van der Waals surface area contributed by atoms with Crippen LogP contribution in [-0.2, 0) is 9.59 Å². The number of nitrogens with one attached hydrogen (secondary N) is 2. The molecule has 2 aromatic carbocycles. The molecule has 2 N–H and O–H groups in total. The summed E-state index contributed by atoms with van der Waals surface area (Å²) in [6.45, 7) is 10.2. The van der Waals surface area contributed by atoms with E-state index in [4.69, 9.17) is 9.47 Å². The first kappa shape index (κ1) is 22.9. The van der Waals surface area contributed by atoms with Crippen LogP contribution in [0.3, 0.4) is 0 Å². The number of hydrogen-bond donors (Lipinski definition) is 2. The minimum Gasteiger partial charge on any atom is -0.490 e. The molecule has 0 fully saturated rings.